The second kappa shape index (κ2) is 15.1. The van der Waals surface area contributed by atoms with Gasteiger partial charge in [-0.25, -0.2) is 15.0 Å². The second-order valence-electron chi connectivity index (χ2n) is 6.45. The molecule has 6 nitrogen and oxygen atoms in total. The van der Waals surface area contributed by atoms with Gasteiger partial charge in [-0.2, -0.15) is 4.39 Å². The predicted molar refractivity (Wildman–Crippen MR) is 125 cm³/mol. The quantitative estimate of drug-likeness (QED) is 0.350. The summed E-state index contributed by atoms with van der Waals surface area (Å²) < 4.78 is 16.1. The van der Waals surface area contributed by atoms with Crippen LogP contribution in [0.2, 0.25) is 0 Å². The monoisotopic (exact) mass is 416 g/mol. The Kier molecular flexibility index (Phi) is 13.6. The van der Waals surface area contributed by atoms with E-state index in [-0.39, 0.29) is 0 Å². The van der Waals surface area contributed by atoms with E-state index in [2.05, 4.69) is 32.6 Å². The smallest absolute Gasteiger partial charge is 0.208 e. The molecule has 166 valence electrons. The molecular weight excluding hydrogens is 379 g/mol. The second-order valence-corrected chi connectivity index (χ2v) is 6.45. The van der Waals surface area contributed by atoms with Crippen LogP contribution >= 0.6 is 0 Å². The first-order valence-electron chi connectivity index (χ1n) is 10.3. The zero-order valence-corrected chi connectivity index (χ0v) is 19.5. The number of halogens is 1. The Morgan fingerprint density at radius 1 is 1.27 bits per heavy atom. The largest absolute Gasteiger partial charge is 0.330 e. The number of aliphatic imine (C=N–C) groups is 1. The summed E-state index contributed by atoms with van der Waals surface area (Å²) in [4.78, 5) is 12.3. The minimum absolute atomic E-state index is 0.428. The van der Waals surface area contributed by atoms with Gasteiger partial charge in [0.05, 0.1) is 12.2 Å². The molecule has 2 aromatic heterocycles. The van der Waals surface area contributed by atoms with Gasteiger partial charge >= 0.3 is 0 Å². The zero-order valence-electron chi connectivity index (χ0n) is 19.5. The van der Waals surface area contributed by atoms with Gasteiger partial charge in [0.2, 0.25) is 5.95 Å². The minimum atomic E-state index is -0.428. The topological polar surface area (TPSA) is 71.8 Å². The molecule has 2 aromatic rings. The van der Waals surface area contributed by atoms with E-state index >= 15 is 0 Å². The molecule has 0 saturated heterocycles. The molecule has 0 radical (unpaired) electrons. The summed E-state index contributed by atoms with van der Waals surface area (Å²) >= 11 is 0. The standard InChI is InChI=1S/C15H23N5.C5H8FN.C3H6/c1-5-13(16)9-14-11(3)18-15(20(14)6-2)10-19-8-7-17-12(19)4;1-3-5(6)7-4-2;1-3-2/h7-8,16H,5-6,9-10H2,1-4H3;3-4H,1-2H3;3H,1H2,2H3/b;5-3-,7-4-;. The Morgan fingerprint density at radius 3 is 2.30 bits per heavy atom. The molecule has 0 aromatic carbocycles. The van der Waals surface area contributed by atoms with Crippen LogP contribution in [0.4, 0.5) is 4.39 Å². The third-order valence-electron chi connectivity index (χ3n) is 4.20. The number of hydrogen-bond acceptors (Lipinski definition) is 4. The van der Waals surface area contributed by atoms with E-state index in [1.807, 2.05) is 40.1 Å². The van der Waals surface area contributed by atoms with Gasteiger partial charge in [0.25, 0.3) is 0 Å². The number of nitrogens with zero attached hydrogens (tertiary/aromatic N) is 5. The van der Waals surface area contributed by atoms with E-state index in [0.29, 0.717) is 6.42 Å². The van der Waals surface area contributed by atoms with E-state index in [4.69, 9.17) is 10.4 Å². The van der Waals surface area contributed by atoms with E-state index < -0.39 is 5.95 Å². The first kappa shape index (κ1) is 27.2. The molecule has 0 atom stereocenters. The average molecular weight is 417 g/mol. The maximum atomic E-state index is 11.8. The van der Waals surface area contributed by atoms with E-state index in [1.165, 1.54) is 18.0 Å². The van der Waals surface area contributed by atoms with Crippen LogP contribution < -0.4 is 0 Å². The number of nitrogens with one attached hydrogen (secondary N) is 1. The number of allylic oxidation sites excluding steroid dienone is 2. The van der Waals surface area contributed by atoms with Crippen molar-refractivity contribution >= 4 is 11.9 Å². The molecule has 0 bridgehead atoms. The van der Waals surface area contributed by atoms with Crippen molar-refractivity contribution in [3.8, 4) is 0 Å². The van der Waals surface area contributed by atoms with Crippen LogP contribution in [0.3, 0.4) is 0 Å². The fraction of sp³-hybridized carbons (Fsp3) is 0.478. The van der Waals surface area contributed by atoms with Crippen LogP contribution in [0.25, 0.3) is 0 Å². The Morgan fingerprint density at radius 2 is 1.90 bits per heavy atom. The van der Waals surface area contributed by atoms with E-state index in [1.54, 1.807) is 19.9 Å². The summed E-state index contributed by atoms with van der Waals surface area (Å²) in [6, 6.07) is 0. The highest BCUT2D eigenvalue weighted by molar-refractivity contribution is 5.83. The zero-order chi connectivity index (χ0) is 23.1. The van der Waals surface area contributed by atoms with Crippen molar-refractivity contribution in [2.45, 2.75) is 74.4 Å². The Labute approximate surface area is 180 Å². The highest BCUT2D eigenvalue weighted by Gasteiger charge is 2.15. The molecule has 0 aliphatic rings. The summed E-state index contributed by atoms with van der Waals surface area (Å²) in [5.74, 6) is 1.61. The lowest BCUT2D eigenvalue weighted by atomic mass is 10.1. The van der Waals surface area contributed by atoms with Gasteiger partial charge in [0.1, 0.15) is 11.6 Å². The fourth-order valence-electron chi connectivity index (χ4n) is 2.64. The maximum absolute atomic E-state index is 11.8. The Hall–Kier alpha value is -2.83. The number of hydrogen-bond donors (Lipinski definition) is 1. The van der Waals surface area contributed by atoms with Crippen LogP contribution in [0.5, 0.6) is 0 Å². The highest BCUT2D eigenvalue weighted by atomic mass is 19.1. The number of aromatic nitrogens is 4. The van der Waals surface area contributed by atoms with Crippen molar-refractivity contribution in [3.05, 3.63) is 60.1 Å². The summed E-state index contributed by atoms with van der Waals surface area (Å²) in [5, 5.41) is 7.93. The van der Waals surface area contributed by atoms with Crippen molar-refractivity contribution in [3.63, 3.8) is 0 Å². The lowest BCUT2D eigenvalue weighted by molar-refractivity contribution is 0.627. The van der Waals surface area contributed by atoms with Crippen LogP contribution in [0.1, 0.15) is 64.1 Å². The molecule has 0 aliphatic heterocycles. The molecule has 7 heteroatoms. The SMILES string of the molecule is C/C=N\C(F)=C/C.C=CC.CCC(=N)Cc1c(C)nc(Cn2ccnc2C)n1CC. The molecule has 1 N–H and O–H groups in total. The molecule has 0 unspecified atom stereocenters. The van der Waals surface area contributed by atoms with Crippen LogP contribution in [0, 0.1) is 19.3 Å². The summed E-state index contributed by atoms with van der Waals surface area (Å²) in [7, 11) is 0. The summed E-state index contributed by atoms with van der Waals surface area (Å²) in [6.45, 7) is 18.3. The Balaban J connectivity index is 0.000000706. The van der Waals surface area contributed by atoms with Crippen molar-refractivity contribution < 1.29 is 4.39 Å². The van der Waals surface area contributed by atoms with Gasteiger partial charge in [-0.05, 0) is 54.0 Å². The first-order chi connectivity index (χ1) is 14.3. The van der Waals surface area contributed by atoms with E-state index in [9.17, 15) is 4.39 Å². The number of imidazole rings is 2. The first-order valence-corrected chi connectivity index (χ1v) is 10.3. The molecule has 2 heterocycles. The van der Waals surface area contributed by atoms with Gasteiger partial charge in [0.15, 0.2) is 0 Å². The third-order valence-corrected chi connectivity index (χ3v) is 4.20. The van der Waals surface area contributed by atoms with Crippen molar-refractivity contribution in [2.75, 3.05) is 0 Å². The molecule has 2 rings (SSSR count). The Bertz CT molecular complexity index is 842. The van der Waals surface area contributed by atoms with Gasteiger partial charge in [0, 0.05) is 43.0 Å². The van der Waals surface area contributed by atoms with Crippen molar-refractivity contribution in [1.29, 1.82) is 5.41 Å². The van der Waals surface area contributed by atoms with Crippen LogP contribution in [-0.2, 0) is 19.5 Å². The third kappa shape index (κ3) is 9.11. The highest BCUT2D eigenvalue weighted by Crippen LogP contribution is 2.15. The molecule has 0 amide bonds. The van der Waals surface area contributed by atoms with Gasteiger partial charge in [-0.15, -0.1) is 6.58 Å². The van der Waals surface area contributed by atoms with Crippen molar-refractivity contribution in [1.82, 2.24) is 19.1 Å². The van der Waals surface area contributed by atoms with Crippen LogP contribution in [0.15, 0.2) is 42.1 Å². The normalized spacial score (nSPS) is 10.9. The fourth-order valence-corrected chi connectivity index (χ4v) is 2.64. The number of aryl methyl sites for hydroxylation is 2. The van der Waals surface area contributed by atoms with E-state index in [0.717, 1.165) is 42.6 Å². The molecule has 0 aliphatic carbocycles. The van der Waals surface area contributed by atoms with Gasteiger partial charge in [-0.1, -0.05) is 13.0 Å². The molecule has 30 heavy (non-hydrogen) atoms. The lowest BCUT2D eigenvalue weighted by Crippen LogP contribution is -2.12. The minimum Gasteiger partial charge on any atom is -0.330 e. The molecule has 0 saturated carbocycles. The summed E-state index contributed by atoms with van der Waals surface area (Å²) in [5.41, 5.74) is 2.97. The maximum Gasteiger partial charge on any atom is 0.208 e. The molecular formula is C23H37FN6. The van der Waals surface area contributed by atoms with Crippen molar-refractivity contribution in [2.24, 2.45) is 4.99 Å². The number of rotatable bonds is 7. The predicted octanol–water partition coefficient (Wildman–Crippen LogP) is 5.84. The molecule has 0 fully saturated rings. The molecule has 0 spiro atoms. The average Bonchev–Trinajstić information content (AvgIpc) is 3.25. The van der Waals surface area contributed by atoms with Gasteiger partial charge < -0.3 is 14.5 Å². The lowest BCUT2D eigenvalue weighted by Gasteiger charge is -2.11. The van der Waals surface area contributed by atoms with Crippen LogP contribution in [-0.4, -0.2) is 31.0 Å². The summed E-state index contributed by atoms with van der Waals surface area (Å²) in [6.07, 6.45) is 9.76. The van der Waals surface area contributed by atoms with Gasteiger partial charge in [-0.3, -0.25) is 0 Å².